The Kier molecular flexibility index (Phi) is 4.65. The van der Waals surface area contributed by atoms with Gasteiger partial charge in [0.15, 0.2) is 0 Å². The number of rotatable bonds is 7. The van der Waals surface area contributed by atoms with E-state index in [1.54, 1.807) is 26.0 Å². The number of anilines is 2. The maximum Gasteiger partial charge on any atom is 0.310 e. The van der Waals surface area contributed by atoms with E-state index >= 15 is 0 Å². The van der Waals surface area contributed by atoms with E-state index in [0.717, 1.165) is 0 Å². The van der Waals surface area contributed by atoms with Gasteiger partial charge in [0.1, 0.15) is 18.0 Å². The molecule has 0 saturated carbocycles. The lowest BCUT2D eigenvalue weighted by Gasteiger charge is -2.19. The minimum Gasteiger partial charge on any atom is -0.481 e. The van der Waals surface area contributed by atoms with Gasteiger partial charge >= 0.3 is 5.97 Å². The highest BCUT2D eigenvalue weighted by Gasteiger charge is 2.26. The van der Waals surface area contributed by atoms with Crippen LogP contribution in [0.4, 0.5) is 11.6 Å². The molecule has 1 heterocycles. The van der Waals surface area contributed by atoms with Gasteiger partial charge in [-0.25, -0.2) is 9.97 Å². The first-order valence-corrected chi connectivity index (χ1v) is 5.60. The summed E-state index contributed by atoms with van der Waals surface area (Å²) >= 11 is 0. The molecular weight excluding hydrogens is 232 g/mol. The summed E-state index contributed by atoms with van der Waals surface area (Å²) in [5.74, 6) is 0.403. The van der Waals surface area contributed by atoms with Gasteiger partial charge in [-0.15, -0.1) is 6.58 Å². The number of nitrogens with one attached hydrogen (secondary N) is 2. The van der Waals surface area contributed by atoms with Gasteiger partial charge in [-0.05, 0) is 13.8 Å². The van der Waals surface area contributed by atoms with Crippen molar-refractivity contribution < 1.29 is 9.90 Å². The first kappa shape index (κ1) is 14.0. The predicted molar refractivity (Wildman–Crippen MR) is 70.6 cm³/mol. The zero-order chi connectivity index (χ0) is 13.6. The van der Waals surface area contributed by atoms with Crippen molar-refractivity contribution in [3.05, 3.63) is 25.0 Å². The number of hydrogen-bond donors (Lipinski definition) is 3. The Hall–Kier alpha value is -2.11. The summed E-state index contributed by atoms with van der Waals surface area (Å²) in [6.07, 6.45) is 3.14. The van der Waals surface area contributed by atoms with E-state index in [4.69, 9.17) is 5.11 Å². The average Bonchev–Trinajstić information content (AvgIpc) is 2.34. The zero-order valence-electron chi connectivity index (χ0n) is 10.6. The molecule has 0 aromatic carbocycles. The monoisotopic (exact) mass is 250 g/mol. The predicted octanol–water partition coefficient (Wildman–Crippen LogP) is 1.60. The summed E-state index contributed by atoms with van der Waals surface area (Å²) in [6.45, 7) is 7.81. The van der Waals surface area contributed by atoms with Crippen LogP contribution in [0.5, 0.6) is 0 Å². The maximum absolute atomic E-state index is 11.0. The molecule has 0 radical (unpaired) electrons. The van der Waals surface area contributed by atoms with Crippen LogP contribution in [0.1, 0.15) is 13.8 Å². The molecule has 0 aliphatic rings. The van der Waals surface area contributed by atoms with Crippen molar-refractivity contribution in [2.75, 3.05) is 23.7 Å². The van der Waals surface area contributed by atoms with Gasteiger partial charge in [-0.1, -0.05) is 6.08 Å². The van der Waals surface area contributed by atoms with Crippen LogP contribution in [-0.4, -0.2) is 34.1 Å². The van der Waals surface area contributed by atoms with E-state index in [1.165, 1.54) is 6.33 Å². The van der Waals surface area contributed by atoms with E-state index in [1.807, 2.05) is 0 Å². The molecule has 3 N–H and O–H groups in total. The fourth-order valence-corrected chi connectivity index (χ4v) is 1.11. The number of carboxylic acids is 1. The molecule has 0 spiro atoms. The molecule has 0 unspecified atom stereocenters. The van der Waals surface area contributed by atoms with Crippen molar-refractivity contribution in [3.8, 4) is 0 Å². The summed E-state index contributed by atoms with van der Waals surface area (Å²) in [4.78, 5) is 19.0. The Labute approximate surface area is 106 Å². The molecule has 1 aromatic rings. The first-order chi connectivity index (χ1) is 8.45. The van der Waals surface area contributed by atoms with Crippen LogP contribution in [-0.2, 0) is 4.79 Å². The molecule has 1 rings (SSSR count). The summed E-state index contributed by atoms with van der Waals surface area (Å²) < 4.78 is 0. The fraction of sp³-hybridized carbons (Fsp3) is 0.417. The van der Waals surface area contributed by atoms with E-state index in [-0.39, 0.29) is 0 Å². The topological polar surface area (TPSA) is 87.1 Å². The van der Waals surface area contributed by atoms with Gasteiger partial charge in [-0.2, -0.15) is 0 Å². The molecule has 0 atom stereocenters. The molecule has 0 aliphatic heterocycles. The van der Waals surface area contributed by atoms with Gasteiger partial charge in [0, 0.05) is 19.2 Å². The summed E-state index contributed by atoms with van der Waals surface area (Å²) in [7, 11) is 0. The zero-order valence-corrected chi connectivity index (χ0v) is 10.6. The Morgan fingerprint density at radius 2 is 2.06 bits per heavy atom. The second kappa shape index (κ2) is 6.00. The molecule has 0 bridgehead atoms. The molecule has 1 aromatic heterocycles. The number of carbonyl (C=O) groups is 1. The highest BCUT2D eigenvalue weighted by molar-refractivity contribution is 5.74. The summed E-state index contributed by atoms with van der Waals surface area (Å²) in [5.41, 5.74) is -0.848. The molecule has 0 fully saturated rings. The number of carboxylic acid groups (broad SMARTS) is 1. The normalized spacial score (nSPS) is 10.8. The molecule has 18 heavy (non-hydrogen) atoms. The van der Waals surface area contributed by atoms with Crippen LogP contribution in [0.25, 0.3) is 0 Å². The van der Waals surface area contributed by atoms with Crippen LogP contribution in [0, 0.1) is 5.41 Å². The van der Waals surface area contributed by atoms with Crippen molar-refractivity contribution in [3.63, 3.8) is 0 Å². The van der Waals surface area contributed by atoms with Gasteiger partial charge in [0.2, 0.25) is 0 Å². The highest BCUT2D eigenvalue weighted by Crippen LogP contribution is 2.16. The smallest absolute Gasteiger partial charge is 0.310 e. The van der Waals surface area contributed by atoms with Crippen molar-refractivity contribution in [1.29, 1.82) is 0 Å². The minimum absolute atomic E-state index is 0.292. The number of hydrogen-bond acceptors (Lipinski definition) is 5. The molecular formula is C12H18N4O2. The summed E-state index contributed by atoms with van der Waals surface area (Å²) in [6, 6.07) is 1.72. The third-order valence-electron chi connectivity index (χ3n) is 2.39. The van der Waals surface area contributed by atoms with Gasteiger partial charge in [0.25, 0.3) is 0 Å². The number of nitrogens with zero attached hydrogens (tertiary/aromatic N) is 2. The second-order valence-corrected chi connectivity index (χ2v) is 4.50. The first-order valence-electron chi connectivity index (χ1n) is 5.60. The lowest BCUT2D eigenvalue weighted by atomic mass is 9.94. The number of aliphatic carboxylic acids is 1. The van der Waals surface area contributed by atoms with Crippen molar-refractivity contribution in [2.45, 2.75) is 13.8 Å². The Morgan fingerprint density at radius 1 is 1.44 bits per heavy atom. The van der Waals surface area contributed by atoms with Gasteiger partial charge in [-0.3, -0.25) is 4.79 Å². The van der Waals surface area contributed by atoms with Gasteiger partial charge in [0.05, 0.1) is 5.41 Å². The third kappa shape index (κ3) is 4.04. The van der Waals surface area contributed by atoms with Crippen LogP contribution in [0.2, 0.25) is 0 Å². The quantitative estimate of drug-likeness (QED) is 0.637. The Bertz CT molecular complexity index is 432. The minimum atomic E-state index is -0.853. The van der Waals surface area contributed by atoms with E-state index in [0.29, 0.717) is 24.7 Å². The highest BCUT2D eigenvalue weighted by atomic mass is 16.4. The summed E-state index contributed by atoms with van der Waals surface area (Å²) in [5, 5.41) is 15.0. The van der Waals surface area contributed by atoms with E-state index in [9.17, 15) is 4.79 Å². The van der Waals surface area contributed by atoms with Crippen LogP contribution in [0.15, 0.2) is 25.0 Å². The van der Waals surface area contributed by atoms with Crippen molar-refractivity contribution in [2.24, 2.45) is 5.41 Å². The Balaban J connectivity index is 2.62. The largest absolute Gasteiger partial charge is 0.481 e. The molecule has 6 nitrogen and oxygen atoms in total. The third-order valence-corrected chi connectivity index (χ3v) is 2.39. The average molecular weight is 250 g/mol. The molecule has 0 aliphatic carbocycles. The van der Waals surface area contributed by atoms with Gasteiger partial charge < -0.3 is 15.7 Å². The van der Waals surface area contributed by atoms with E-state index in [2.05, 4.69) is 27.2 Å². The fourth-order valence-electron chi connectivity index (χ4n) is 1.11. The molecule has 0 saturated heterocycles. The van der Waals surface area contributed by atoms with Crippen molar-refractivity contribution in [1.82, 2.24) is 9.97 Å². The molecule has 6 heteroatoms. The Morgan fingerprint density at radius 3 is 2.61 bits per heavy atom. The molecule has 98 valence electrons. The number of aromatic nitrogens is 2. The molecule has 0 amide bonds. The van der Waals surface area contributed by atoms with Crippen LogP contribution < -0.4 is 10.6 Å². The lowest BCUT2D eigenvalue weighted by molar-refractivity contribution is -0.146. The maximum atomic E-state index is 11.0. The SMILES string of the molecule is C=CCNc1cc(NCC(C)(C)C(=O)O)ncn1. The lowest BCUT2D eigenvalue weighted by Crippen LogP contribution is -2.32. The van der Waals surface area contributed by atoms with Crippen LogP contribution in [0.3, 0.4) is 0 Å². The standard InChI is InChI=1S/C12H18N4O2/c1-4-5-13-9-6-10(16-8-15-9)14-7-12(2,3)11(17)18/h4,6,8H,1,5,7H2,2-3H3,(H,17,18)(H2,13,14,15,16). The second-order valence-electron chi connectivity index (χ2n) is 4.50. The van der Waals surface area contributed by atoms with E-state index < -0.39 is 11.4 Å². The van der Waals surface area contributed by atoms with Crippen molar-refractivity contribution >= 4 is 17.6 Å². The van der Waals surface area contributed by atoms with Crippen LogP contribution >= 0.6 is 0 Å².